The van der Waals surface area contributed by atoms with Crippen LogP contribution in [0.15, 0.2) is 18.2 Å². The molecular weight excluding hydrogens is 244 g/mol. The third-order valence-corrected chi connectivity index (χ3v) is 3.63. The maximum atomic E-state index is 12.5. The second-order valence-corrected chi connectivity index (χ2v) is 4.94. The summed E-state index contributed by atoms with van der Waals surface area (Å²) in [4.78, 5) is 14.3. The molecule has 1 fully saturated rings. The molecule has 104 valence electrons. The van der Waals surface area contributed by atoms with Crippen molar-refractivity contribution in [3.8, 4) is 11.5 Å². The van der Waals surface area contributed by atoms with Crippen molar-refractivity contribution in [2.75, 3.05) is 13.1 Å². The van der Waals surface area contributed by atoms with Crippen molar-refractivity contribution in [1.82, 2.24) is 4.90 Å². The van der Waals surface area contributed by atoms with E-state index >= 15 is 0 Å². The minimum Gasteiger partial charge on any atom is -0.504 e. The Kier molecular flexibility index (Phi) is 4.27. The maximum absolute atomic E-state index is 12.5. The summed E-state index contributed by atoms with van der Waals surface area (Å²) in [7, 11) is 0. The number of hydrogen-bond donors (Lipinski definition) is 3. The van der Waals surface area contributed by atoms with Gasteiger partial charge in [0.1, 0.15) is 0 Å². The van der Waals surface area contributed by atoms with Crippen LogP contribution >= 0.6 is 0 Å². The summed E-state index contributed by atoms with van der Waals surface area (Å²) in [5.74, 6) is -0.625. The molecule has 5 nitrogen and oxygen atoms in total. The number of benzene rings is 1. The molecular formula is C14H20N2O3. The van der Waals surface area contributed by atoms with Crippen LogP contribution in [0, 0.1) is 0 Å². The molecule has 0 bridgehead atoms. The molecule has 4 N–H and O–H groups in total. The van der Waals surface area contributed by atoms with Gasteiger partial charge in [0.2, 0.25) is 0 Å². The summed E-state index contributed by atoms with van der Waals surface area (Å²) in [5, 5.41) is 18.8. The van der Waals surface area contributed by atoms with Crippen molar-refractivity contribution in [3.05, 3.63) is 23.8 Å². The second-order valence-electron chi connectivity index (χ2n) is 4.94. The van der Waals surface area contributed by atoms with Crippen molar-refractivity contribution in [2.24, 2.45) is 5.73 Å². The summed E-state index contributed by atoms with van der Waals surface area (Å²) in [6.45, 7) is 1.15. The zero-order valence-corrected chi connectivity index (χ0v) is 10.9. The Hall–Kier alpha value is -1.75. The van der Waals surface area contributed by atoms with Gasteiger partial charge in [0.05, 0.1) is 0 Å². The van der Waals surface area contributed by atoms with Gasteiger partial charge in [0.15, 0.2) is 11.5 Å². The zero-order chi connectivity index (χ0) is 13.8. The Bertz CT molecular complexity index is 462. The van der Waals surface area contributed by atoms with Crippen LogP contribution in [0.25, 0.3) is 0 Å². The molecule has 0 radical (unpaired) electrons. The number of carbonyl (C=O) groups excluding carboxylic acids is 1. The topological polar surface area (TPSA) is 86.8 Å². The highest BCUT2D eigenvalue weighted by Crippen LogP contribution is 2.26. The highest BCUT2D eigenvalue weighted by atomic mass is 16.3. The van der Waals surface area contributed by atoms with Gasteiger partial charge in [-0.15, -0.1) is 0 Å². The molecule has 1 saturated heterocycles. The fourth-order valence-corrected chi connectivity index (χ4v) is 2.51. The van der Waals surface area contributed by atoms with E-state index in [9.17, 15) is 15.0 Å². The highest BCUT2D eigenvalue weighted by Gasteiger charge is 2.25. The first-order chi connectivity index (χ1) is 9.13. The third-order valence-electron chi connectivity index (χ3n) is 3.63. The smallest absolute Gasteiger partial charge is 0.254 e. The molecule has 0 saturated carbocycles. The number of amides is 1. The molecule has 0 spiro atoms. The fraction of sp³-hybridized carbons (Fsp3) is 0.500. The van der Waals surface area contributed by atoms with Crippen molar-refractivity contribution >= 4 is 5.91 Å². The first-order valence-corrected chi connectivity index (χ1v) is 6.66. The third kappa shape index (κ3) is 2.98. The molecule has 0 aromatic heterocycles. The fourth-order valence-electron chi connectivity index (χ4n) is 2.51. The van der Waals surface area contributed by atoms with Gasteiger partial charge in [0, 0.05) is 24.7 Å². The summed E-state index contributed by atoms with van der Waals surface area (Å²) in [6, 6.07) is 4.22. The standard InChI is InChI=1S/C14H20N2O3/c15-9-11-4-2-1-3-7-16(11)14(19)10-5-6-12(17)13(18)8-10/h5-6,8,11,17-18H,1-4,7,9,15H2. The van der Waals surface area contributed by atoms with E-state index in [0.29, 0.717) is 18.7 Å². The average molecular weight is 264 g/mol. The first kappa shape index (κ1) is 13.7. The van der Waals surface area contributed by atoms with E-state index in [2.05, 4.69) is 0 Å². The Morgan fingerprint density at radius 1 is 1.26 bits per heavy atom. The van der Waals surface area contributed by atoms with Gasteiger partial charge < -0.3 is 20.8 Å². The van der Waals surface area contributed by atoms with E-state index in [4.69, 9.17) is 5.73 Å². The SMILES string of the molecule is NCC1CCCCCN1C(=O)c1ccc(O)c(O)c1. The lowest BCUT2D eigenvalue weighted by Gasteiger charge is -2.29. The van der Waals surface area contributed by atoms with E-state index < -0.39 is 0 Å². The Labute approximate surface area is 112 Å². The van der Waals surface area contributed by atoms with Crippen LogP contribution < -0.4 is 5.73 Å². The number of nitrogens with zero attached hydrogens (tertiary/aromatic N) is 1. The summed E-state index contributed by atoms with van der Waals surface area (Å²) < 4.78 is 0. The number of rotatable bonds is 2. The first-order valence-electron chi connectivity index (χ1n) is 6.66. The zero-order valence-electron chi connectivity index (χ0n) is 10.9. The van der Waals surface area contributed by atoms with Crippen molar-refractivity contribution < 1.29 is 15.0 Å². The highest BCUT2D eigenvalue weighted by molar-refractivity contribution is 5.95. The Balaban J connectivity index is 2.22. The van der Waals surface area contributed by atoms with E-state index in [0.717, 1.165) is 25.7 Å². The van der Waals surface area contributed by atoms with Crippen molar-refractivity contribution in [1.29, 1.82) is 0 Å². The normalized spacial score (nSPS) is 20.1. The van der Waals surface area contributed by atoms with Gasteiger partial charge >= 0.3 is 0 Å². The van der Waals surface area contributed by atoms with E-state index in [1.165, 1.54) is 18.2 Å². The lowest BCUT2D eigenvalue weighted by molar-refractivity contribution is 0.0688. The van der Waals surface area contributed by atoms with Crippen LogP contribution in [0.3, 0.4) is 0 Å². The average Bonchev–Trinajstić information content (AvgIpc) is 2.66. The molecule has 1 aromatic rings. The molecule has 1 aromatic carbocycles. The Morgan fingerprint density at radius 3 is 2.74 bits per heavy atom. The van der Waals surface area contributed by atoms with Crippen LogP contribution in [-0.2, 0) is 0 Å². The van der Waals surface area contributed by atoms with Crippen LogP contribution in [0.2, 0.25) is 0 Å². The van der Waals surface area contributed by atoms with Crippen LogP contribution in [0.1, 0.15) is 36.0 Å². The van der Waals surface area contributed by atoms with E-state index in [1.807, 2.05) is 0 Å². The van der Waals surface area contributed by atoms with E-state index in [-0.39, 0.29) is 23.4 Å². The molecule has 5 heteroatoms. The van der Waals surface area contributed by atoms with Gasteiger partial charge in [-0.2, -0.15) is 0 Å². The number of phenols is 2. The molecule has 1 aliphatic heterocycles. The van der Waals surface area contributed by atoms with Crippen molar-refractivity contribution in [3.63, 3.8) is 0 Å². The molecule has 1 unspecified atom stereocenters. The molecule has 1 amide bonds. The summed E-state index contributed by atoms with van der Waals surface area (Å²) in [5.41, 5.74) is 6.13. The lowest BCUT2D eigenvalue weighted by atomic mass is 10.1. The molecule has 2 rings (SSSR count). The number of carbonyl (C=O) groups is 1. The van der Waals surface area contributed by atoms with Gasteiger partial charge in [-0.25, -0.2) is 0 Å². The summed E-state index contributed by atoms with van der Waals surface area (Å²) in [6.07, 6.45) is 4.10. The second kappa shape index (κ2) is 5.93. The van der Waals surface area contributed by atoms with Gasteiger partial charge in [0.25, 0.3) is 5.91 Å². The number of nitrogens with two attached hydrogens (primary N) is 1. The minimum atomic E-state index is -0.273. The minimum absolute atomic E-state index is 0.0611. The molecule has 0 aliphatic carbocycles. The van der Waals surface area contributed by atoms with Gasteiger partial charge in [-0.05, 0) is 31.0 Å². The number of likely N-dealkylation sites (tertiary alicyclic amines) is 1. The van der Waals surface area contributed by atoms with Crippen LogP contribution in [0.5, 0.6) is 11.5 Å². The van der Waals surface area contributed by atoms with E-state index in [1.54, 1.807) is 4.90 Å². The Morgan fingerprint density at radius 2 is 2.05 bits per heavy atom. The molecule has 19 heavy (non-hydrogen) atoms. The maximum Gasteiger partial charge on any atom is 0.254 e. The van der Waals surface area contributed by atoms with Crippen molar-refractivity contribution in [2.45, 2.75) is 31.7 Å². The number of phenolic OH excluding ortho intramolecular Hbond substituents is 2. The van der Waals surface area contributed by atoms with Gasteiger partial charge in [-0.1, -0.05) is 12.8 Å². The molecule has 1 heterocycles. The quantitative estimate of drug-likeness (QED) is 0.705. The predicted molar refractivity (Wildman–Crippen MR) is 72.1 cm³/mol. The lowest BCUT2D eigenvalue weighted by Crippen LogP contribution is -2.44. The molecule has 1 atom stereocenters. The number of aromatic hydroxyl groups is 2. The van der Waals surface area contributed by atoms with Crippen LogP contribution in [-0.4, -0.2) is 40.2 Å². The summed E-state index contributed by atoms with van der Waals surface area (Å²) >= 11 is 0. The van der Waals surface area contributed by atoms with Crippen LogP contribution in [0.4, 0.5) is 0 Å². The largest absolute Gasteiger partial charge is 0.504 e. The van der Waals surface area contributed by atoms with Gasteiger partial charge in [-0.3, -0.25) is 4.79 Å². The number of hydrogen-bond acceptors (Lipinski definition) is 4. The predicted octanol–water partition coefficient (Wildman–Crippen LogP) is 1.44. The monoisotopic (exact) mass is 264 g/mol. The molecule has 1 aliphatic rings.